The van der Waals surface area contributed by atoms with Gasteiger partial charge in [-0.05, 0) is 32.6 Å². The van der Waals surface area contributed by atoms with E-state index in [1.165, 1.54) is 49.8 Å². The van der Waals surface area contributed by atoms with Crippen LogP contribution < -0.4 is 0 Å². The van der Waals surface area contributed by atoms with E-state index in [9.17, 15) is 0 Å². The van der Waals surface area contributed by atoms with Crippen molar-refractivity contribution in [3.8, 4) is 0 Å². The van der Waals surface area contributed by atoms with Gasteiger partial charge in [0, 0.05) is 13.7 Å². The van der Waals surface area contributed by atoms with Crippen molar-refractivity contribution in [2.24, 2.45) is 0 Å². The summed E-state index contributed by atoms with van der Waals surface area (Å²) in [5, 5.41) is 0. The number of hydrogen-bond acceptors (Lipinski definition) is 2. The molecule has 3 heteroatoms. The molecule has 0 aliphatic carbocycles. The Morgan fingerprint density at radius 2 is 1.81 bits per heavy atom. The second kappa shape index (κ2) is 7.25. The highest BCUT2D eigenvalue weighted by molar-refractivity contribution is 4.56. The lowest BCUT2D eigenvalue weighted by atomic mass is 10.1. The van der Waals surface area contributed by atoms with E-state index < -0.39 is 0 Å². The summed E-state index contributed by atoms with van der Waals surface area (Å²) >= 11 is 0. The molecule has 96 valence electrons. The molecule has 0 N–H and O–H groups in total. The molecule has 1 fully saturated rings. The molecule has 0 aromatic heterocycles. The topological polar surface area (TPSA) is 18.5 Å². The highest BCUT2D eigenvalue weighted by Gasteiger charge is 2.32. The molecule has 0 saturated carbocycles. The van der Waals surface area contributed by atoms with Crippen molar-refractivity contribution >= 4 is 0 Å². The van der Waals surface area contributed by atoms with E-state index in [0.717, 1.165) is 13.2 Å². The number of quaternary nitrogens is 1. The third-order valence-electron chi connectivity index (χ3n) is 3.61. The van der Waals surface area contributed by atoms with Crippen LogP contribution in [0.25, 0.3) is 0 Å². The van der Waals surface area contributed by atoms with Gasteiger partial charge in [-0.1, -0.05) is 6.92 Å². The number of methoxy groups -OCH3 is 1. The van der Waals surface area contributed by atoms with E-state index in [-0.39, 0.29) is 6.29 Å². The van der Waals surface area contributed by atoms with Crippen molar-refractivity contribution in [2.45, 2.75) is 45.8 Å². The number of ether oxygens (including phenoxy) is 2. The largest absolute Gasteiger partial charge is 0.351 e. The second-order valence-corrected chi connectivity index (χ2v) is 4.88. The minimum atomic E-state index is -0.0188. The summed E-state index contributed by atoms with van der Waals surface area (Å²) in [5.41, 5.74) is 0. The van der Waals surface area contributed by atoms with Gasteiger partial charge in [0.15, 0.2) is 0 Å². The Morgan fingerprint density at radius 3 is 2.31 bits per heavy atom. The van der Waals surface area contributed by atoms with Crippen LogP contribution in [0.2, 0.25) is 0 Å². The van der Waals surface area contributed by atoms with Crippen LogP contribution in [0, 0.1) is 0 Å². The van der Waals surface area contributed by atoms with Crippen LogP contribution in [0.4, 0.5) is 0 Å². The summed E-state index contributed by atoms with van der Waals surface area (Å²) in [6, 6.07) is 0. The Bertz CT molecular complexity index is 173. The molecule has 0 radical (unpaired) electrons. The summed E-state index contributed by atoms with van der Waals surface area (Å²) in [6.45, 7) is 9.96. The van der Waals surface area contributed by atoms with Crippen LogP contribution in [0.5, 0.6) is 0 Å². The van der Waals surface area contributed by atoms with Gasteiger partial charge < -0.3 is 14.0 Å². The van der Waals surface area contributed by atoms with Crippen LogP contribution in [0.3, 0.4) is 0 Å². The predicted octanol–water partition coefficient (Wildman–Crippen LogP) is 2.41. The summed E-state index contributed by atoms with van der Waals surface area (Å²) in [4.78, 5) is 0. The molecular weight excluding hydrogens is 202 g/mol. The molecule has 0 amide bonds. The fourth-order valence-electron chi connectivity index (χ4n) is 2.85. The number of piperidine rings is 1. The Hall–Kier alpha value is -0.120. The van der Waals surface area contributed by atoms with E-state index in [0.29, 0.717) is 0 Å². The first kappa shape index (κ1) is 13.9. The molecule has 1 atom stereocenters. The molecule has 1 rings (SSSR count). The maximum absolute atomic E-state index is 5.63. The number of nitrogens with zero attached hydrogens (tertiary/aromatic N) is 1. The Balaban J connectivity index is 2.53. The van der Waals surface area contributed by atoms with Gasteiger partial charge in [-0.15, -0.1) is 0 Å². The maximum Gasteiger partial charge on any atom is 0.207 e. The lowest BCUT2D eigenvalue weighted by Gasteiger charge is -2.43. The third-order valence-corrected chi connectivity index (χ3v) is 3.61. The van der Waals surface area contributed by atoms with Crippen LogP contribution in [-0.2, 0) is 9.47 Å². The SMILES string of the molecule is CCC[N+]1(CC(OC)OCC)CCCCC1. The van der Waals surface area contributed by atoms with Crippen molar-refractivity contribution in [3.63, 3.8) is 0 Å². The van der Waals surface area contributed by atoms with E-state index >= 15 is 0 Å². The highest BCUT2D eigenvalue weighted by atomic mass is 16.7. The van der Waals surface area contributed by atoms with E-state index in [1.807, 2.05) is 6.92 Å². The fourth-order valence-corrected chi connectivity index (χ4v) is 2.85. The van der Waals surface area contributed by atoms with Gasteiger partial charge in [-0.2, -0.15) is 0 Å². The molecular formula is C13H28NO2+. The monoisotopic (exact) mass is 230 g/mol. The summed E-state index contributed by atoms with van der Waals surface area (Å²) in [5.74, 6) is 0. The lowest BCUT2D eigenvalue weighted by Crippen LogP contribution is -2.56. The van der Waals surface area contributed by atoms with Gasteiger partial charge in [-0.25, -0.2) is 0 Å². The van der Waals surface area contributed by atoms with Gasteiger partial charge in [0.05, 0.1) is 19.6 Å². The van der Waals surface area contributed by atoms with Crippen LogP contribution in [0.15, 0.2) is 0 Å². The number of likely N-dealkylation sites (tertiary alicyclic amines) is 1. The zero-order chi connectivity index (χ0) is 11.9. The third kappa shape index (κ3) is 4.04. The molecule has 1 aliphatic heterocycles. The molecule has 1 unspecified atom stereocenters. The van der Waals surface area contributed by atoms with E-state index in [4.69, 9.17) is 9.47 Å². The zero-order valence-corrected chi connectivity index (χ0v) is 11.2. The zero-order valence-electron chi connectivity index (χ0n) is 11.2. The van der Waals surface area contributed by atoms with Crippen LogP contribution in [0.1, 0.15) is 39.5 Å². The molecule has 16 heavy (non-hydrogen) atoms. The number of rotatable bonds is 7. The van der Waals surface area contributed by atoms with E-state index in [2.05, 4.69) is 6.92 Å². The number of hydrogen-bond donors (Lipinski definition) is 0. The molecule has 0 aromatic rings. The molecule has 0 spiro atoms. The summed E-state index contributed by atoms with van der Waals surface area (Å²) < 4.78 is 12.3. The molecule has 0 aromatic carbocycles. The first-order valence-corrected chi connectivity index (χ1v) is 6.76. The minimum absolute atomic E-state index is 0.0188. The van der Waals surface area contributed by atoms with Gasteiger partial charge in [0.2, 0.25) is 6.29 Å². The van der Waals surface area contributed by atoms with Crippen LogP contribution >= 0.6 is 0 Å². The van der Waals surface area contributed by atoms with Gasteiger partial charge in [0.1, 0.15) is 6.54 Å². The maximum atomic E-state index is 5.63. The standard InChI is InChI=1S/C13H28NO2/c1-4-9-14(10-7-6-8-11-14)12-13(15-3)16-5-2/h13H,4-12H2,1-3H3/q+1. The summed E-state index contributed by atoms with van der Waals surface area (Å²) in [6.07, 6.45) is 5.36. The van der Waals surface area contributed by atoms with Crippen molar-refractivity contribution in [2.75, 3.05) is 39.9 Å². The fraction of sp³-hybridized carbons (Fsp3) is 1.00. The van der Waals surface area contributed by atoms with Crippen molar-refractivity contribution in [1.82, 2.24) is 0 Å². The Morgan fingerprint density at radius 1 is 1.12 bits per heavy atom. The Kier molecular flexibility index (Phi) is 6.32. The van der Waals surface area contributed by atoms with Crippen LogP contribution in [-0.4, -0.2) is 50.7 Å². The molecule has 0 bridgehead atoms. The second-order valence-electron chi connectivity index (χ2n) is 4.88. The summed E-state index contributed by atoms with van der Waals surface area (Å²) in [7, 11) is 1.76. The highest BCUT2D eigenvalue weighted by Crippen LogP contribution is 2.21. The molecule has 1 aliphatic rings. The van der Waals surface area contributed by atoms with Gasteiger partial charge >= 0.3 is 0 Å². The normalized spacial score (nSPS) is 21.9. The van der Waals surface area contributed by atoms with Crippen molar-refractivity contribution < 1.29 is 14.0 Å². The lowest BCUT2D eigenvalue weighted by molar-refractivity contribution is -0.937. The van der Waals surface area contributed by atoms with Crippen molar-refractivity contribution in [3.05, 3.63) is 0 Å². The van der Waals surface area contributed by atoms with E-state index in [1.54, 1.807) is 7.11 Å². The molecule has 3 nitrogen and oxygen atoms in total. The first-order chi connectivity index (χ1) is 7.76. The van der Waals surface area contributed by atoms with Gasteiger partial charge in [-0.3, -0.25) is 0 Å². The average Bonchev–Trinajstić information content (AvgIpc) is 2.30. The van der Waals surface area contributed by atoms with Crippen molar-refractivity contribution in [1.29, 1.82) is 0 Å². The molecule has 1 heterocycles. The predicted molar refractivity (Wildman–Crippen MR) is 66.3 cm³/mol. The molecule has 1 saturated heterocycles. The average molecular weight is 230 g/mol. The smallest absolute Gasteiger partial charge is 0.207 e. The minimum Gasteiger partial charge on any atom is -0.351 e. The Labute approximate surface area is 100 Å². The first-order valence-electron chi connectivity index (χ1n) is 6.76. The quantitative estimate of drug-likeness (QED) is 0.494. The van der Waals surface area contributed by atoms with Gasteiger partial charge in [0.25, 0.3) is 0 Å².